The highest BCUT2D eigenvalue weighted by Crippen LogP contribution is 2.35. The Kier molecular flexibility index (Phi) is 6.08. The molecule has 0 spiro atoms. The lowest BCUT2D eigenvalue weighted by atomic mass is 9.73. The van der Waals surface area contributed by atoms with E-state index in [2.05, 4.69) is 41.8 Å². The van der Waals surface area contributed by atoms with Crippen LogP contribution in [0.3, 0.4) is 0 Å². The number of nitrogens with one attached hydrogen (secondary N) is 1. The highest BCUT2D eigenvalue weighted by Gasteiger charge is 2.29. The third-order valence-electron chi connectivity index (χ3n) is 4.77. The molecule has 0 bridgehead atoms. The van der Waals surface area contributed by atoms with Crippen LogP contribution < -0.4 is 5.32 Å². The topological polar surface area (TPSA) is 29.9 Å². The van der Waals surface area contributed by atoms with Gasteiger partial charge in [0, 0.05) is 25.4 Å². The number of nitrogens with zero attached hydrogens (tertiary/aromatic N) is 2. The van der Waals surface area contributed by atoms with E-state index in [4.69, 9.17) is 0 Å². The summed E-state index contributed by atoms with van der Waals surface area (Å²) < 4.78 is 2.35. The molecular formula is C17H31N3. The summed E-state index contributed by atoms with van der Waals surface area (Å²) in [6.07, 6.45) is 10.6. The van der Waals surface area contributed by atoms with Crippen molar-refractivity contribution in [1.29, 1.82) is 0 Å². The van der Waals surface area contributed by atoms with Gasteiger partial charge in [0.2, 0.25) is 0 Å². The average Bonchev–Trinajstić information content (AvgIpc) is 2.86. The fourth-order valence-corrected chi connectivity index (χ4v) is 3.62. The van der Waals surface area contributed by atoms with E-state index in [1.807, 2.05) is 6.20 Å². The minimum atomic E-state index is 0.802. The molecule has 3 heteroatoms. The molecule has 1 N–H and O–H groups in total. The number of aromatic nitrogens is 2. The molecule has 1 fully saturated rings. The standard InChI is InChI=1S/C17H31N3/c1-4-9-20-10-8-19-17(20)12-16-11-14(3)6-7-15(16)13-18-5-2/h8,10,14-16,18H,4-7,9,11-13H2,1-3H3. The Labute approximate surface area is 124 Å². The van der Waals surface area contributed by atoms with Crippen LogP contribution in [0.4, 0.5) is 0 Å². The van der Waals surface area contributed by atoms with E-state index < -0.39 is 0 Å². The van der Waals surface area contributed by atoms with Crippen molar-refractivity contribution in [2.24, 2.45) is 17.8 Å². The summed E-state index contributed by atoms with van der Waals surface area (Å²) in [6.45, 7) is 10.2. The van der Waals surface area contributed by atoms with Crippen LogP contribution in [-0.4, -0.2) is 22.6 Å². The minimum absolute atomic E-state index is 0.802. The molecule has 114 valence electrons. The van der Waals surface area contributed by atoms with Crippen molar-refractivity contribution >= 4 is 0 Å². The molecule has 3 atom stereocenters. The lowest BCUT2D eigenvalue weighted by Crippen LogP contribution is -2.34. The fraction of sp³-hybridized carbons (Fsp3) is 0.824. The molecular weight excluding hydrogens is 246 g/mol. The van der Waals surface area contributed by atoms with Gasteiger partial charge in [0.25, 0.3) is 0 Å². The summed E-state index contributed by atoms with van der Waals surface area (Å²) >= 11 is 0. The van der Waals surface area contributed by atoms with Gasteiger partial charge in [-0.3, -0.25) is 0 Å². The monoisotopic (exact) mass is 277 g/mol. The maximum atomic E-state index is 4.61. The molecule has 1 saturated carbocycles. The molecule has 1 aliphatic carbocycles. The zero-order valence-corrected chi connectivity index (χ0v) is 13.4. The predicted molar refractivity (Wildman–Crippen MR) is 84.8 cm³/mol. The van der Waals surface area contributed by atoms with Crippen molar-refractivity contribution in [3.05, 3.63) is 18.2 Å². The summed E-state index contributed by atoms with van der Waals surface area (Å²) in [5, 5.41) is 3.55. The van der Waals surface area contributed by atoms with Crippen LogP contribution in [0.2, 0.25) is 0 Å². The van der Waals surface area contributed by atoms with Crippen LogP contribution in [0.1, 0.15) is 52.3 Å². The van der Waals surface area contributed by atoms with Crippen molar-refractivity contribution in [1.82, 2.24) is 14.9 Å². The number of hydrogen-bond acceptors (Lipinski definition) is 2. The summed E-state index contributed by atoms with van der Waals surface area (Å²) in [5.74, 6) is 3.81. The Morgan fingerprint density at radius 2 is 2.15 bits per heavy atom. The van der Waals surface area contributed by atoms with Gasteiger partial charge in [-0.1, -0.05) is 27.2 Å². The van der Waals surface area contributed by atoms with Gasteiger partial charge in [0.05, 0.1) is 0 Å². The first-order chi connectivity index (χ1) is 9.74. The van der Waals surface area contributed by atoms with Gasteiger partial charge in [-0.15, -0.1) is 0 Å². The minimum Gasteiger partial charge on any atom is -0.335 e. The van der Waals surface area contributed by atoms with Crippen LogP contribution in [-0.2, 0) is 13.0 Å². The molecule has 2 rings (SSSR count). The molecule has 0 aliphatic heterocycles. The SMILES string of the molecule is CCCn1ccnc1CC1CC(C)CCC1CNCC. The Hall–Kier alpha value is -0.830. The molecule has 1 aliphatic rings. The van der Waals surface area contributed by atoms with E-state index in [0.717, 1.165) is 37.3 Å². The van der Waals surface area contributed by atoms with Gasteiger partial charge in [-0.25, -0.2) is 4.98 Å². The highest BCUT2D eigenvalue weighted by molar-refractivity contribution is 4.96. The zero-order valence-electron chi connectivity index (χ0n) is 13.4. The van der Waals surface area contributed by atoms with Gasteiger partial charge in [-0.2, -0.15) is 0 Å². The lowest BCUT2D eigenvalue weighted by molar-refractivity contribution is 0.181. The lowest BCUT2D eigenvalue weighted by Gasteiger charge is -2.35. The average molecular weight is 277 g/mol. The quantitative estimate of drug-likeness (QED) is 0.826. The number of rotatable bonds is 7. The van der Waals surface area contributed by atoms with E-state index in [1.165, 1.54) is 38.1 Å². The molecule has 0 saturated heterocycles. The maximum Gasteiger partial charge on any atom is 0.108 e. The molecule has 3 unspecified atom stereocenters. The molecule has 20 heavy (non-hydrogen) atoms. The van der Waals surface area contributed by atoms with E-state index in [-0.39, 0.29) is 0 Å². The summed E-state index contributed by atoms with van der Waals surface area (Å²) in [4.78, 5) is 4.61. The normalized spacial score (nSPS) is 26.9. The van der Waals surface area contributed by atoms with Gasteiger partial charge in [-0.05, 0) is 50.1 Å². The second-order valence-corrected chi connectivity index (χ2v) is 6.49. The van der Waals surface area contributed by atoms with Crippen molar-refractivity contribution in [3.8, 4) is 0 Å². The molecule has 1 heterocycles. The van der Waals surface area contributed by atoms with Crippen LogP contribution in [0.5, 0.6) is 0 Å². The molecule has 1 aromatic rings. The molecule has 0 aromatic carbocycles. The first-order valence-electron chi connectivity index (χ1n) is 8.45. The van der Waals surface area contributed by atoms with E-state index in [9.17, 15) is 0 Å². The Balaban J connectivity index is 2.00. The number of aryl methyl sites for hydroxylation is 1. The van der Waals surface area contributed by atoms with Crippen molar-refractivity contribution < 1.29 is 0 Å². The predicted octanol–water partition coefficient (Wildman–Crippen LogP) is 3.50. The summed E-state index contributed by atoms with van der Waals surface area (Å²) in [5.41, 5.74) is 0. The van der Waals surface area contributed by atoms with E-state index in [1.54, 1.807) is 0 Å². The summed E-state index contributed by atoms with van der Waals surface area (Å²) in [6, 6.07) is 0. The zero-order chi connectivity index (χ0) is 14.4. The first-order valence-corrected chi connectivity index (χ1v) is 8.45. The van der Waals surface area contributed by atoms with E-state index >= 15 is 0 Å². The Bertz CT molecular complexity index is 383. The molecule has 3 nitrogen and oxygen atoms in total. The van der Waals surface area contributed by atoms with E-state index in [0.29, 0.717) is 0 Å². The molecule has 0 radical (unpaired) electrons. The van der Waals surface area contributed by atoms with Crippen LogP contribution in [0.25, 0.3) is 0 Å². The van der Waals surface area contributed by atoms with Crippen LogP contribution in [0, 0.1) is 17.8 Å². The molecule has 1 aromatic heterocycles. The van der Waals surface area contributed by atoms with Crippen LogP contribution >= 0.6 is 0 Å². The van der Waals surface area contributed by atoms with Crippen molar-refractivity contribution in [2.75, 3.05) is 13.1 Å². The Morgan fingerprint density at radius 3 is 2.90 bits per heavy atom. The van der Waals surface area contributed by atoms with Gasteiger partial charge < -0.3 is 9.88 Å². The third-order valence-corrected chi connectivity index (χ3v) is 4.77. The van der Waals surface area contributed by atoms with Crippen molar-refractivity contribution in [2.45, 2.75) is 59.4 Å². The Morgan fingerprint density at radius 1 is 1.30 bits per heavy atom. The maximum absolute atomic E-state index is 4.61. The van der Waals surface area contributed by atoms with Crippen LogP contribution in [0.15, 0.2) is 12.4 Å². The number of hydrogen-bond donors (Lipinski definition) is 1. The number of imidazole rings is 1. The van der Waals surface area contributed by atoms with Gasteiger partial charge in [0.15, 0.2) is 0 Å². The second kappa shape index (κ2) is 7.82. The largest absolute Gasteiger partial charge is 0.335 e. The fourth-order valence-electron chi connectivity index (χ4n) is 3.62. The third kappa shape index (κ3) is 4.08. The first kappa shape index (κ1) is 15.6. The summed E-state index contributed by atoms with van der Waals surface area (Å²) in [7, 11) is 0. The molecule has 0 amide bonds. The second-order valence-electron chi connectivity index (χ2n) is 6.49. The van der Waals surface area contributed by atoms with Gasteiger partial charge in [0.1, 0.15) is 5.82 Å². The van der Waals surface area contributed by atoms with Crippen molar-refractivity contribution in [3.63, 3.8) is 0 Å². The smallest absolute Gasteiger partial charge is 0.108 e. The highest BCUT2D eigenvalue weighted by atomic mass is 15.1. The van der Waals surface area contributed by atoms with Gasteiger partial charge >= 0.3 is 0 Å².